The molecule has 0 amide bonds. The summed E-state index contributed by atoms with van der Waals surface area (Å²) in [5.74, 6) is 0. The molecule has 0 atom stereocenters. The van der Waals surface area contributed by atoms with Gasteiger partial charge >= 0.3 is 27.1 Å². The van der Waals surface area contributed by atoms with Gasteiger partial charge in [-0.05, 0) is 32.1 Å². The standard InChI is InChI=1S/C8H21NO3Si.C8H19NO3Si.C3H10O3Si/c2*1-5-9-7-6-8-13(10-2,11-3)12-4;1-4-7(5-2)6-3/h9H,5-8H2,1-4H3;5,9H,1,6-8H2,2-4H3;7H,1-3H3. The maximum absolute atomic E-state index is 5.28. The smallest absolute Gasteiger partial charge is 0.391 e. The minimum Gasteiger partial charge on any atom is -0.391 e. The van der Waals surface area contributed by atoms with Crippen LogP contribution in [0.15, 0.2) is 12.8 Å². The number of hydrogen-bond acceptors (Lipinski definition) is 11. The molecule has 2 N–H and O–H groups in total. The zero-order chi connectivity index (χ0) is 26.0. The summed E-state index contributed by atoms with van der Waals surface area (Å²) >= 11 is 0. The van der Waals surface area contributed by atoms with Gasteiger partial charge in [0.05, 0.1) is 0 Å². The van der Waals surface area contributed by atoms with Crippen molar-refractivity contribution in [2.75, 3.05) is 83.6 Å². The first kappa shape index (κ1) is 37.3. The van der Waals surface area contributed by atoms with Gasteiger partial charge in [-0.25, -0.2) is 0 Å². The predicted molar refractivity (Wildman–Crippen MR) is 137 cm³/mol. The highest BCUT2D eigenvalue weighted by molar-refractivity contribution is 6.60. The van der Waals surface area contributed by atoms with E-state index in [1.165, 1.54) is 0 Å². The quantitative estimate of drug-likeness (QED) is 0.186. The van der Waals surface area contributed by atoms with Gasteiger partial charge in [-0.2, -0.15) is 0 Å². The minimum atomic E-state index is -2.34. The van der Waals surface area contributed by atoms with Crippen LogP contribution in [0.4, 0.5) is 0 Å². The molecule has 0 aromatic heterocycles. The lowest BCUT2D eigenvalue weighted by molar-refractivity contribution is 0.122. The fraction of sp³-hybridized carbons (Fsp3) is 0.895. The van der Waals surface area contributed by atoms with Crippen LogP contribution >= 0.6 is 0 Å². The Bertz CT molecular complexity index is 383. The summed E-state index contributed by atoms with van der Waals surface area (Å²) in [6.45, 7) is 8.51. The summed E-state index contributed by atoms with van der Waals surface area (Å²) in [6, 6.07) is 1.68. The highest BCUT2D eigenvalue weighted by Crippen LogP contribution is 2.14. The lowest BCUT2D eigenvalue weighted by Gasteiger charge is -2.24. The van der Waals surface area contributed by atoms with Crippen molar-refractivity contribution in [3.63, 3.8) is 0 Å². The van der Waals surface area contributed by atoms with E-state index >= 15 is 0 Å². The molecule has 0 heterocycles. The predicted octanol–water partition coefficient (Wildman–Crippen LogP) is 1.49. The van der Waals surface area contributed by atoms with Gasteiger partial charge in [0.25, 0.3) is 0 Å². The molecule has 0 aliphatic heterocycles. The fourth-order valence-corrected chi connectivity index (χ4v) is 6.54. The van der Waals surface area contributed by atoms with Crippen LogP contribution in [0.2, 0.25) is 12.1 Å². The van der Waals surface area contributed by atoms with Crippen molar-refractivity contribution in [1.82, 2.24) is 10.6 Å². The van der Waals surface area contributed by atoms with Crippen molar-refractivity contribution in [2.24, 2.45) is 0 Å². The van der Waals surface area contributed by atoms with Crippen LogP contribution in [0.1, 0.15) is 19.8 Å². The second-order valence-corrected chi connectivity index (χ2v) is 14.5. The van der Waals surface area contributed by atoms with Crippen LogP contribution in [0.25, 0.3) is 0 Å². The SMILES string of the molecule is C=CNCCC[Si](OC)(OC)OC.CCNCCC[Si](OC)(OC)OC.CO[SiH](OC)OC. The Labute approximate surface area is 206 Å². The topological polar surface area (TPSA) is 107 Å². The molecule has 33 heavy (non-hydrogen) atoms. The zero-order valence-corrected chi connectivity index (χ0v) is 25.6. The van der Waals surface area contributed by atoms with E-state index in [-0.39, 0.29) is 0 Å². The first-order valence-electron chi connectivity index (χ1n) is 10.8. The highest BCUT2D eigenvalue weighted by Gasteiger charge is 2.37. The third-order valence-electron chi connectivity index (χ3n) is 4.48. The lowest BCUT2D eigenvalue weighted by Crippen LogP contribution is -2.43. The van der Waals surface area contributed by atoms with Crippen molar-refractivity contribution >= 4 is 27.1 Å². The monoisotopic (exact) mass is 534 g/mol. The first-order chi connectivity index (χ1) is 15.8. The molecule has 0 saturated carbocycles. The number of hydrogen-bond donors (Lipinski definition) is 2. The molecule has 0 aromatic rings. The van der Waals surface area contributed by atoms with Crippen LogP contribution in [-0.2, 0) is 39.8 Å². The van der Waals surface area contributed by atoms with E-state index in [1.54, 1.807) is 70.2 Å². The average Bonchev–Trinajstić information content (AvgIpc) is 2.87. The summed E-state index contributed by atoms with van der Waals surface area (Å²) in [5.41, 5.74) is 0. The second kappa shape index (κ2) is 26.4. The van der Waals surface area contributed by atoms with E-state index in [9.17, 15) is 0 Å². The van der Waals surface area contributed by atoms with Gasteiger partial charge in [-0.1, -0.05) is 13.5 Å². The molecular formula is C19H50N2O9Si3. The van der Waals surface area contributed by atoms with Gasteiger partial charge in [0, 0.05) is 82.6 Å². The maximum atomic E-state index is 5.28. The Hall–Kier alpha value is -0.209. The van der Waals surface area contributed by atoms with Crippen molar-refractivity contribution in [2.45, 2.75) is 31.9 Å². The molecule has 0 spiro atoms. The Morgan fingerprint density at radius 3 is 1.27 bits per heavy atom. The van der Waals surface area contributed by atoms with Crippen molar-refractivity contribution in [3.05, 3.63) is 12.8 Å². The summed E-state index contributed by atoms with van der Waals surface area (Å²) < 4.78 is 45.9. The molecule has 0 radical (unpaired) electrons. The molecule has 11 nitrogen and oxygen atoms in total. The Morgan fingerprint density at radius 2 is 1.03 bits per heavy atom. The summed E-state index contributed by atoms with van der Waals surface area (Å²) in [6.07, 6.45) is 3.65. The zero-order valence-electron chi connectivity index (χ0n) is 22.5. The highest BCUT2D eigenvalue weighted by atomic mass is 28.4. The van der Waals surface area contributed by atoms with Crippen LogP contribution in [-0.4, -0.2) is 111 Å². The van der Waals surface area contributed by atoms with E-state index < -0.39 is 27.1 Å². The molecule has 0 bridgehead atoms. The molecule has 0 fully saturated rings. The van der Waals surface area contributed by atoms with Crippen LogP contribution < -0.4 is 10.6 Å². The summed E-state index contributed by atoms with van der Waals surface area (Å²) in [5, 5.41) is 6.26. The maximum Gasteiger partial charge on any atom is 0.500 e. The number of nitrogens with one attached hydrogen (secondary N) is 2. The number of rotatable bonds is 19. The van der Waals surface area contributed by atoms with Gasteiger partial charge in [0.1, 0.15) is 0 Å². The van der Waals surface area contributed by atoms with E-state index in [1.807, 2.05) is 0 Å². The normalized spacial score (nSPS) is 11.4. The van der Waals surface area contributed by atoms with Gasteiger partial charge in [0.15, 0.2) is 0 Å². The molecule has 14 heteroatoms. The molecule has 0 aromatic carbocycles. The first-order valence-corrected chi connectivity index (χ1v) is 16.1. The van der Waals surface area contributed by atoms with E-state index in [0.717, 1.165) is 44.6 Å². The Balaban J connectivity index is -0.000000429. The van der Waals surface area contributed by atoms with Crippen molar-refractivity contribution < 1.29 is 39.8 Å². The molecule has 202 valence electrons. The fourth-order valence-electron chi connectivity index (χ4n) is 2.52. The molecule has 0 aliphatic carbocycles. The van der Waals surface area contributed by atoms with Gasteiger partial charge < -0.3 is 50.5 Å². The van der Waals surface area contributed by atoms with E-state index in [2.05, 4.69) is 24.1 Å². The van der Waals surface area contributed by atoms with Gasteiger partial charge in [-0.15, -0.1) is 0 Å². The van der Waals surface area contributed by atoms with Gasteiger partial charge in [0.2, 0.25) is 0 Å². The van der Waals surface area contributed by atoms with E-state index in [0.29, 0.717) is 0 Å². The van der Waals surface area contributed by atoms with E-state index in [4.69, 9.17) is 39.8 Å². The summed E-state index contributed by atoms with van der Waals surface area (Å²) in [4.78, 5) is 0. The molecule has 0 aliphatic rings. The largest absolute Gasteiger partial charge is 0.500 e. The average molecular weight is 535 g/mol. The third-order valence-corrected chi connectivity index (χ3v) is 11.3. The van der Waals surface area contributed by atoms with Crippen molar-refractivity contribution in [3.8, 4) is 0 Å². The van der Waals surface area contributed by atoms with Gasteiger partial charge in [-0.3, -0.25) is 0 Å². The Morgan fingerprint density at radius 1 is 0.667 bits per heavy atom. The molecule has 0 rings (SSSR count). The molecule has 0 saturated heterocycles. The second-order valence-electron chi connectivity index (χ2n) is 6.31. The van der Waals surface area contributed by atoms with Crippen LogP contribution in [0.3, 0.4) is 0 Å². The van der Waals surface area contributed by atoms with Crippen LogP contribution in [0, 0.1) is 0 Å². The third kappa shape index (κ3) is 19.8. The molecule has 0 unspecified atom stereocenters. The molecular weight excluding hydrogens is 484 g/mol. The van der Waals surface area contributed by atoms with Crippen molar-refractivity contribution in [1.29, 1.82) is 0 Å². The Kier molecular flexibility index (Phi) is 29.9. The summed E-state index contributed by atoms with van der Waals surface area (Å²) in [7, 11) is 8.21. The minimum absolute atomic E-state index is 0.817. The van der Waals surface area contributed by atoms with Crippen LogP contribution in [0.5, 0.6) is 0 Å². The lowest BCUT2D eigenvalue weighted by atomic mass is 10.5.